The Morgan fingerprint density at radius 2 is 1.76 bits per heavy atom. The van der Waals surface area contributed by atoms with Crippen LogP contribution >= 0.6 is 0 Å². The Morgan fingerprint density at radius 3 is 2.40 bits per heavy atom. The average Bonchev–Trinajstić information content (AvgIpc) is 2.86. The molecule has 1 saturated carbocycles. The zero-order valence-corrected chi connectivity index (χ0v) is 14.6. The SMILES string of the molecule is CC1CCCCC1NC(=O)NCCCN1C(=O)c2ccccc2C1=O. The smallest absolute Gasteiger partial charge is 0.315 e. The van der Waals surface area contributed by atoms with Gasteiger partial charge in [0.05, 0.1) is 11.1 Å². The van der Waals surface area contributed by atoms with E-state index >= 15 is 0 Å². The van der Waals surface area contributed by atoms with Gasteiger partial charge in [-0.2, -0.15) is 0 Å². The molecule has 1 aromatic carbocycles. The van der Waals surface area contributed by atoms with E-state index in [-0.39, 0.29) is 23.9 Å². The van der Waals surface area contributed by atoms with E-state index in [2.05, 4.69) is 17.6 Å². The van der Waals surface area contributed by atoms with Crippen LogP contribution in [0.2, 0.25) is 0 Å². The fourth-order valence-electron chi connectivity index (χ4n) is 3.63. The first-order chi connectivity index (χ1) is 12.1. The molecule has 1 heterocycles. The molecule has 0 saturated heterocycles. The second-order valence-electron chi connectivity index (χ2n) is 6.93. The number of hydrogen-bond donors (Lipinski definition) is 2. The molecule has 2 aliphatic rings. The monoisotopic (exact) mass is 343 g/mol. The minimum absolute atomic E-state index is 0.166. The van der Waals surface area contributed by atoms with Crippen molar-refractivity contribution in [2.45, 2.75) is 45.1 Å². The first-order valence-electron chi connectivity index (χ1n) is 9.07. The highest BCUT2D eigenvalue weighted by Crippen LogP contribution is 2.24. The zero-order valence-electron chi connectivity index (χ0n) is 14.6. The zero-order chi connectivity index (χ0) is 17.8. The molecule has 4 amide bonds. The highest BCUT2D eigenvalue weighted by Gasteiger charge is 2.34. The van der Waals surface area contributed by atoms with E-state index in [1.54, 1.807) is 24.3 Å². The van der Waals surface area contributed by atoms with Crippen LogP contribution in [0.4, 0.5) is 4.79 Å². The van der Waals surface area contributed by atoms with Gasteiger partial charge in [-0.3, -0.25) is 14.5 Å². The van der Waals surface area contributed by atoms with Crippen molar-refractivity contribution in [2.24, 2.45) is 5.92 Å². The quantitative estimate of drug-likeness (QED) is 0.637. The molecule has 1 fully saturated rings. The third-order valence-corrected chi connectivity index (χ3v) is 5.15. The van der Waals surface area contributed by atoms with E-state index in [0.29, 0.717) is 36.6 Å². The van der Waals surface area contributed by atoms with Crippen LogP contribution in [0.3, 0.4) is 0 Å². The standard InChI is InChI=1S/C19H25N3O3/c1-13-7-2-5-10-16(13)21-19(25)20-11-6-12-22-17(23)14-8-3-4-9-15(14)18(22)24/h3-4,8-9,13,16H,2,5-7,10-12H2,1H3,(H2,20,21,25). The van der Waals surface area contributed by atoms with E-state index in [9.17, 15) is 14.4 Å². The van der Waals surface area contributed by atoms with E-state index in [1.165, 1.54) is 11.3 Å². The summed E-state index contributed by atoms with van der Waals surface area (Å²) in [7, 11) is 0. The van der Waals surface area contributed by atoms with Gasteiger partial charge in [0.2, 0.25) is 0 Å². The van der Waals surface area contributed by atoms with Gasteiger partial charge < -0.3 is 10.6 Å². The Morgan fingerprint density at radius 1 is 1.12 bits per heavy atom. The lowest BCUT2D eigenvalue weighted by molar-refractivity contribution is 0.0653. The van der Waals surface area contributed by atoms with Crippen molar-refractivity contribution >= 4 is 17.8 Å². The van der Waals surface area contributed by atoms with Crippen LogP contribution in [0.15, 0.2) is 24.3 Å². The minimum Gasteiger partial charge on any atom is -0.338 e. The number of imide groups is 1. The van der Waals surface area contributed by atoms with Crippen LogP contribution in [-0.4, -0.2) is 41.9 Å². The Bertz CT molecular complexity index is 639. The van der Waals surface area contributed by atoms with Crippen molar-refractivity contribution in [3.05, 3.63) is 35.4 Å². The lowest BCUT2D eigenvalue weighted by Crippen LogP contribution is -2.46. The predicted molar refractivity (Wildman–Crippen MR) is 94.4 cm³/mol. The first-order valence-corrected chi connectivity index (χ1v) is 9.07. The van der Waals surface area contributed by atoms with Crippen molar-refractivity contribution in [2.75, 3.05) is 13.1 Å². The van der Waals surface area contributed by atoms with E-state index in [0.717, 1.165) is 19.3 Å². The summed E-state index contributed by atoms with van der Waals surface area (Å²) in [5.74, 6) is 0.0139. The molecule has 6 heteroatoms. The molecule has 1 aliphatic heterocycles. The molecule has 2 N–H and O–H groups in total. The van der Waals surface area contributed by atoms with Gasteiger partial charge in [0.1, 0.15) is 0 Å². The summed E-state index contributed by atoms with van der Waals surface area (Å²) in [5, 5.41) is 5.86. The van der Waals surface area contributed by atoms with Crippen molar-refractivity contribution in [1.82, 2.24) is 15.5 Å². The normalized spacial score (nSPS) is 22.7. The first kappa shape index (κ1) is 17.5. The summed E-state index contributed by atoms with van der Waals surface area (Å²) in [4.78, 5) is 37.7. The van der Waals surface area contributed by atoms with E-state index in [4.69, 9.17) is 0 Å². The number of carbonyl (C=O) groups is 3. The van der Waals surface area contributed by atoms with E-state index < -0.39 is 0 Å². The molecule has 6 nitrogen and oxygen atoms in total. The van der Waals surface area contributed by atoms with Crippen LogP contribution in [0, 0.1) is 5.92 Å². The largest absolute Gasteiger partial charge is 0.338 e. The Labute approximate surface area is 148 Å². The van der Waals surface area contributed by atoms with Gasteiger partial charge in [-0.25, -0.2) is 4.79 Å². The van der Waals surface area contributed by atoms with Crippen LogP contribution in [-0.2, 0) is 0 Å². The molecule has 134 valence electrons. The number of fused-ring (bicyclic) bond motifs is 1. The van der Waals surface area contributed by atoms with Crippen LogP contribution < -0.4 is 10.6 Å². The highest BCUT2D eigenvalue weighted by molar-refractivity contribution is 6.21. The number of carbonyl (C=O) groups excluding carboxylic acids is 3. The number of nitrogens with one attached hydrogen (secondary N) is 2. The molecule has 0 aromatic heterocycles. The van der Waals surface area contributed by atoms with Gasteiger partial charge in [-0.05, 0) is 37.3 Å². The number of urea groups is 1. The third-order valence-electron chi connectivity index (χ3n) is 5.15. The molecule has 0 radical (unpaired) electrons. The summed E-state index contributed by atoms with van der Waals surface area (Å²) in [6.07, 6.45) is 5.13. The summed E-state index contributed by atoms with van der Waals surface area (Å²) in [6.45, 7) is 2.92. The second-order valence-corrected chi connectivity index (χ2v) is 6.93. The molecular formula is C19H25N3O3. The average molecular weight is 343 g/mol. The summed E-state index contributed by atoms with van der Waals surface area (Å²) < 4.78 is 0. The number of nitrogens with zero attached hydrogens (tertiary/aromatic N) is 1. The van der Waals surface area contributed by atoms with Crippen LogP contribution in [0.25, 0.3) is 0 Å². The molecule has 1 aliphatic carbocycles. The van der Waals surface area contributed by atoms with Crippen LogP contribution in [0.5, 0.6) is 0 Å². The lowest BCUT2D eigenvalue weighted by Gasteiger charge is -2.29. The lowest BCUT2D eigenvalue weighted by atomic mass is 9.86. The minimum atomic E-state index is -0.249. The van der Waals surface area contributed by atoms with Gasteiger partial charge in [0, 0.05) is 19.1 Å². The molecule has 0 spiro atoms. The number of benzene rings is 1. The maximum absolute atomic E-state index is 12.2. The molecule has 0 bridgehead atoms. The van der Waals surface area contributed by atoms with Crippen molar-refractivity contribution < 1.29 is 14.4 Å². The van der Waals surface area contributed by atoms with Gasteiger partial charge >= 0.3 is 6.03 Å². The molecule has 3 rings (SSSR count). The fourth-order valence-corrected chi connectivity index (χ4v) is 3.63. The predicted octanol–water partition coefficient (Wildman–Crippen LogP) is 2.55. The maximum atomic E-state index is 12.2. The number of rotatable bonds is 5. The van der Waals surface area contributed by atoms with Crippen molar-refractivity contribution in [3.63, 3.8) is 0 Å². The third kappa shape index (κ3) is 3.83. The van der Waals surface area contributed by atoms with Crippen molar-refractivity contribution in [1.29, 1.82) is 0 Å². The second kappa shape index (κ2) is 7.68. The topological polar surface area (TPSA) is 78.5 Å². The Kier molecular flexibility index (Phi) is 5.36. The molecular weight excluding hydrogens is 318 g/mol. The Hall–Kier alpha value is -2.37. The van der Waals surface area contributed by atoms with Gasteiger partial charge in [-0.1, -0.05) is 31.9 Å². The van der Waals surface area contributed by atoms with Gasteiger partial charge in [0.15, 0.2) is 0 Å². The molecule has 25 heavy (non-hydrogen) atoms. The van der Waals surface area contributed by atoms with Crippen molar-refractivity contribution in [3.8, 4) is 0 Å². The Balaban J connectivity index is 1.41. The highest BCUT2D eigenvalue weighted by atomic mass is 16.2. The summed E-state index contributed by atoms with van der Waals surface area (Å²) in [6, 6.07) is 6.93. The van der Waals surface area contributed by atoms with Crippen LogP contribution in [0.1, 0.15) is 59.7 Å². The molecule has 2 atom stereocenters. The number of amides is 4. The number of hydrogen-bond acceptors (Lipinski definition) is 3. The molecule has 2 unspecified atom stereocenters. The van der Waals surface area contributed by atoms with Gasteiger partial charge in [0.25, 0.3) is 11.8 Å². The summed E-state index contributed by atoms with van der Waals surface area (Å²) in [5.41, 5.74) is 0.925. The summed E-state index contributed by atoms with van der Waals surface area (Å²) >= 11 is 0. The van der Waals surface area contributed by atoms with Gasteiger partial charge in [-0.15, -0.1) is 0 Å². The van der Waals surface area contributed by atoms with E-state index in [1.807, 2.05) is 0 Å². The maximum Gasteiger partial charge on any atom is 0.315 e. The fraction of sp³-hybridized carbons (Fsp3) is 0.526. The molecule has 1 aromatic rings.